The number of nitrogens with zero attached hydrogens (tertiary/aromatic N) is 5. The van der Waals surface area contributed by atoms with Crippen LogP contribution in [0.1, 0.15) is 259 Å². The molecular formula is C67H126N6O6S2. The Kier molecular flexibility index (Phi) is 26.1. The zero-order valence-corrected chi connectivity index (χ0v) is 59.6. The van der Waals surface area contributed by atoms with E-state index in [4.69, 9.17) is 0 Å². The molecule has 7 atom stereocenters. The molecule has 6 saturated heterocycles. The number of likely N-dealkylation sites (tertiary alicyclic amines) is 3. The minimum atomic E-state index is -0.398. The number of Topliss-reactive ketones (excluding diaryl/α,β-unsaturated/α-hetero) is 5. The Morgan fingerprint density at radius 3 is 1.09 bits per heavy atom. The summed E-state index contributed by atoms with van der Waals surface area (Å²) >= 11 is 3.63. The summed E-state index contributed by atoms with van der Waals surface area (Å²) in [5, 5.41) is 3.59. The molecule has 14 heteroatoms. The fraction of sp³-hybridized carbons (Fsp3) is 0.910. The van der Waals surface area contributed by atoms with Crippen molar-refractivity contribution in [1.29, 1.82) is 0 Å². The van der Waals surface area contributed by atoms with Gasteiger partial charge in [0, 0.05) is 78.7 Å². The molecule has 81 heavy (non-hydrogen) atoms. The number of fused-ring (bicyclic) bond motifs is 1. The molecule has 6 fully saturated rings. The monoisotopic (exact) mass is 1170 g/mol. The van der Waals surface area contributed by atoms with Crippen LogP contribution in [0.5, 0.6) is 0 Å². The molecule has 1 amide bonds. The molecule has 472 valence electrons. The zero-order valence-electron chi connectivity index (χ0n) is 57.9. The Morgan fingerprint density at radius 2 is 0.728 bits per heavy atom. The summed E-state index contributed by atoms with van der Waals surface area (Å²) in [6, 6.07) is 0.135. The summed E-state index contributed by atoms with van der Waals surface area (Å²) in [4.78, 5) is 85.8. The van der Waals surface area contributed by atoms with Gasteiger partial charge in [-0.25, -0.2) is 0 Å². The van der Waals surface area contributed by atoms with Crippen molar-refractivity contribution in [3.05, 3.63) is 0 Å². The van der Waals surface area contributed by atoms with Crippen LogP contribution in [0.3, 0.4) is 0 Å². The Bertz CT molecular complexity index is 2050. The number of amides is 1. The highest BCUT2D eigenvalue weighted by Crippen LogP contribution is 2.40. The summed E-state index contributed by atoms with van der Waals surface area (Å²) in [6.45, 7) is 65.7. The molecule has 0 bridgehead atoms. The van der Waals surface area contributed by atoms with Crippen LogP contribution in [-0.4, -0.2) is 166 Å². The highest BCUT2D eigenvalue weighted by Gasteiger charge is 2.50. The number of carbonyl (C=O) groups excluding carboxylic acids is 6. The second kappa shape index (κ2) is 28.0. The second-order valence-electron chi connectivity index (χ2n) is 34.4. The predicted octanol–water partition coefficient (Wildman–Crippen LogP) is 13.8. The van der Waals surface area contributed by atoms with Gasteiger partial charge in [0.1, 0.15) is 6.04 Å². The van der Waals surface area contributed by atoms with E-state index in [2.05, 4.69) is 129 Å². The van der Waals surface area contributed by atoms with Gasteiger partial charge in [-0.3, -0.25) is 48.4 Å². The smallest absolute Gasteiger partial charge is 0.241 e. The Labute approximate surface area is 506 Å². The summed E-state index contributed by atoms with van der Waals surface area (Å²) in [5.41, 5.74) is -0.904. The molecule has 6 heterocycles. The van der Waals surface area contributed by atoms with Crippen molar-refractivity contribution in [3.8, 4) is 0 Å². The molecule has 0 aliphatic carbocycles. The molecule has 6 aliphatic rings. The van der Waals surface area contributed by atoms with Gasteiger partial charge in [-0.15, -0.1) is 23.5 Å². The average molecular weight is 1180 g/mol. The van der Waals surface area contributed by atoms with E-state index in [9.17, 15) is 28.8 Å². The number of hydrogen-bond acceptors (Lipinski definition) is 13. The molecule has 0 aromatic rings. The van der Waals surface area contributed by atoms with Crippen LogP contribution < -0.4 is 5.32 Å². The number of carbonyl (C=O) groups is 6. The Balaban J connectivity index is 0.000000349. The van der Waals surface area contributed by atoms with E-state index in [1.807, 2.05) is 121 Å². The minimum Gasteiger partial charge on any atom is -0.318 e. The molecule has 0 aromatic carbocycles. The third-order valence-electron chi connectivity index (χ3n) is 16.3. The molecule has 0 spiro atoms. The standard InChI is InChI=1S/C16H28N2O2S.C14H27NO.C13H25NO.C12H23NOS.C12H23NO/c1-15(2,3)13(19)11-9-21-12-8-7-10(14(20)18(11)12)17-16(4,5)6;1-13(2,3)12(16)11-9-7-8-10-15(11)14(4,5)6;1-12(2,3)11(15)10-8-7-9-14(10)13(4,5)6;1-11(2,3)10(14)9-7-15-8-13(9)12(4,5)6;1-11(2,3)10(14)9-7-8-13(9)12(4,5)6/h10-12,17H,7-9H2,1-6H3;11H,7-10H2,1-6H3;10H,7-9H2,1-6H3;9H,7-8H2,1-6H3;9H,7-8H2,1-6H3/t10-,11-,12?;11-;10-;2*9-/m00000/s1. The maximum absolute atomic E-state index is 12.8. The van der Waals surface area contributed by atoms with E-state index >= 15 is 0 Å². The van der Waals surface area contributed by atoms with Crippen molar-refractivity contribution in [2.45, 2.75) is 328 Å². The number of rotatable bonds is 6. The Morgan fingerprint density at radius 1 is 0.383 bits per heavy atom. The summed E-state index contributed by atoms with van der Waals surface area (Å²) in [6.07, 6.45) is 8.51. The molecule has 0 saturated carbocycles. The third kappa shape index (κ3) is 22.2. The fourth-order valence-electron chi connectivity index (χ4n) is 11.7. The molecule has 0 aromatic heterocycles. The van der Waals surface area contributed by atoms with Gasteiger partial charge in [-0.05, 0) is 162 Å². The number of ketones is 5. The topological polar surface area (TPSA) is 131 Å². The summed E-state index contributed by atoms with van der Waals surface area (Å²) < 4.78 is 0. The SMILES string of the molecule is CC(C)(C)C(=O)[C@@H]1CCCCN1C(C)(C)C.CC(C)(C)C(=O)[C@@H]1CCCN1C(C)(C)C.CC(C)(C)C(=O)[C@@H]1CCN1C(C)(C)C.CC(C)(C)C(=O)[C@@H]1CSCN1C(C)(C)C.CC(C)(C)N[C@H]1CCC2SC[C@@H](C(=O)C(C)(C)C)N2C1=O. The Hall–Kier alpha value is -1.68. The van der Waals surface area contributed by atoms with E-state index < -0.39 is 5.41 Å². The van der Waals surface area contributed by atoms with Crippen LogP contribution >= 0.6 is 23.5 Å². The van der Waals surface area contributed by atoms with E-state index in [-0.39, 0.29) is 103 Å². The van der Waals surface area contributed by atoms with Gasteiger partial charge in [-0.1, -0.05) is 110 Å². The largest absolute Gasteiger partial charge is 0.318 e. The molecule has 1 unspecified atom stereocenters. The lowest BCUT2D eigenvalue weighted by molar-refractivity contribution is -0.146. The molecule has 6 aliphatic heterocycles. The van der Waals surface area contributed by atoms with Crippen LogP contribution in [0.4, 0.5) is 0 Å². The zero-order chi connectivity index (χ0) is 63.4. The van der Waals surface area contributed by atoms with Gasteiger partial charge in [0.2, 0.25) is 5.91 Å². The van der Waals surface area contributed by atoms with Crippen molar-refractivity contribution in [2.24, 2.45) is 27.1 Å². The van der Waals surface area contributed by atoms with Gasteiger partial charge in [0.25, 0.3) is 0 Å². The van der Waals surface area contributed by atoms with Gasteiger partial charge < -0.3 is 10.2 Å². The highest BCUT2D eigenvalue weighted by atomic mass is 32.2. The van der Waals surface area contributed by atoms with Gasteiger partial charge in [-0.2, -0.15) is 0 Å². The molecule has 12 nitrogen and oxygen atoms in total. The van der Waals surface area contributed by atoms with Crippen molar-refractivity contribution in [2.75, 3.05) is 37.0 Å². The first-order valence-electron chi connectivity index (χ1n) is 31.1. The van der Waals surface area contributed by atoms with E-state index in [1.165, 1.54) is 12.8 Å². The van der Waals surface area contributed by atoms with Crippen molar-refractivity contribution in [1.82, 2.24) is 29.8 Å². The molecule has 0 radical (unpaired) electrons. The molecule has 1 N–H and O–H groups in total. The van der Waals surface area contributed by atoms with Gasteiger partial charge >= 0.3 is 0 Å². The first-order valence-corrected chi connectivity index (χ1v) is 33.3. The normalized spacial score (nSPS) is 26.1. The lowest BCUT2D eigenvalue weighted by Crippen LogP contribution is -2.62. The molecular weight excluding hydrogens is 1050 g/mol. The quantitative estimate of drug-likeness (QED) is 0.271. The third-order valence-corrected chi connectivity index (χ3v) is 18.6. The van der Waals surface area contributed by atoms with E-state index in [0.29, 0.717) is 23.1 Å². The van der Waals surface area contributed by atoms with Crippen LogP contribution in [0.2, 0.25) is 0 Å². The minimum absolute atomic E-state index is 0.0923. The van der Waals surface area contributed by atoms with Crippen molar-refractivity contribution in [3.63, 3.8) is 0 Å². The van der Waals surface area contributed by atoms with Gasteiger partial charge in [0.05, 0.1) is 35.6 Å². The van der Waals surface area contributed by atoms with Gasteiger partial charge in [0.15, 0.2) is 28.9 Å². The van der Waals surface area contributed by atoms with Crippen LogP contribution in [-0.2, 0) is 28.8 Å². The number of thioether (sulfide) groups is 2. The molecule has 6 rings (SSSR count). The fourth-order valence-corrected chi connectivity index (χ4v) is 14.5. The summed E-state index contributed by atoms with van der Waals surface area (Å²) in [5.74, 6) is 4.53. The maximum Gasteiger partial charge on any atom is 0.241 e. The van der Waals surface area contributed by atoms with Crippen LogP contribution in [0.15, 0.2) is 0 Å². The van der Waals surface area contributed by atoms with Crippen molar-refractivity contribution < 1.29 is 28.8 Å². The first kappa shape index (κ1) is 75.4. The van der Waals surface area contributed by atoms with E-state index in [0.717, 1.165) is 75.5 Å². The highest BCUT2D eigenvalue weighted by molar-refractivity contribution is 8.00. The average Bonchev–Trinajstić information content (AvgIpc) is 4.05. The number of piperidine rings is 2. The van der Waals surface area contributed by atoms with Crippen LogP contribution in [0, 0.1) is 27.1 Å². The number of nitrogens with one attached hydrogen (secondary N) is 1. The van der Waals surface area contributed by atoms with Crippen molar-refractivity contribution >= 4 is 58.3 Å². The lowest BCUT2D eigenvalue weighted by atomic mass is 9.79. The number of hydrogen-bond donors (Lipinski definition) is 1. The van der Waals surface area contributed by atoms with Crippen LogP contribution in [0.25, 0.3) is 0 Å². The lowest BCUT2D eigenvalue weighted by Gasteiger charge is -2.50. The second-order valence-corrected chi connectivity index (χ2v) is 36.6. The summed E-state index contributed by atoms with van der Waals surface area (Å²) in [7, 11) is 0. The predicted molar refractivity (Wildman–Crippen MR) is 346 cm³/mol. The maximum atomic E-state index is 12.8. The first-order chi connectivity index (χ1) is 36.1. The van der Waals surface area contributed by atoms with E-state index in [1.54, 1.807) is 11.8 Å².